The Balaban J connectivity index is 1.88. The molecule has 0 saturated heterocycles. The number of aromatic amines is 1. The summed E-state index contributed by atoms with van der Waals surface area (Å²) in [5.74, 6) is 0. The molecular weight excluding hydrogens is 242 g/mol. The molecule has 1 amide bonds. The van der Waals surface area contributed by atoms with E-state index in [1.54, 1.807) is 12.5 Å². The molecule has 1 rings (SSSR count). The van der Waals surface area contributed by atoms with Gasteiger partial charge in [0.25, 0.3) is 0 Å². The molecule has 0 unspecified atom stereocenters. The number of amides is 1. The number of unbranched alkanes of at least 4 members (excludes halogenated alkanes) is 4. The highest BCUT2D eigenvalue weighted by Gasteiger charge is 2.01. The minimum atomic E-state index is -0.305. The van der Waals surface area contributed by atoms with E-state index >= 15 is 0 Å². The van der Waals surface area contributed by atoms with Crippen LogP contribution in [0, 0.1) is 0 Å². The van der Waals surface area contributed by atoms with Crippen molar-refractivity contribution in [2.24, 2.45) is 0 Å². The summed E-state index contributed by atoms with van der Waals surface area (Å²) < 4.78 is 5.08. The van der Waals surface area contributed by atoms with Crippen molar-refractivity contribution < 1.29 is 9.53 Å². The monoisotopic (exact) mass is 267 g/mol. The maximum absolute atomic E-state index is 11.3. The highest BCUT2D eigenvalue weighted by Crippen LogP contribution is 2.01. The smallest absolute Gasteiger partial charge is 0.407 e. The van der Waals surface area contributed by atoms with Crippen molar-refractivity contribution in [1.29, 1.82) is 0 Å². The molecule has 1 heterocycles. The summed E-state index contributed by atoms with van der Waals surface area (Å²) >= 11 is 0. The van der Waals surface area contributed by atoms with Gasteiger partial charge in [0, 0.05) is 18.4 Å². The quantitative estimate of drug-likeness (QED) is 0.640. The summed E-state index contributed by atoms with van der Waals surface area (Å²) in [7, 11) is 0. The highest BCUT2D eigenvalue weighted by molar-refractivity contribution is 5.66. The number of ether oxygens (including phenoxy) is 1. The van der Waals surface area contributed by atoms with Gasteiger partial charge in [-0.05, 0) is 19.3 Å². The van der Waals surface area contributed by atoms with Crippen LogP contribution in [0.2, 0.25) is 0 Å². The Labute approximate surface area is 115 Å². The molecule has 1 aromatic rings. The summed E-state index contributed by atoms with van der Waals surface area (Å²) in [6.45, 7) is 3.35. The number of nitrogens with one attached hydrogen (secondary N) is 2. The average Bonchev–Trinajstić information content (AvgIpc) is 2.92. The maximum atomic E-state index is 11.3. The second-order valence-corrected chi connectivity index (χ2v) is 4.66. The molecule has 5 heteroatoms. The van der Waals surface area contributed by atoms with Crippen LogP contribution in [0.15, 0.2) is 12.5 Å². The lowest BCUT2D eigenvalue weighted by Crippen LogP contribution is -2.25. The second-order valence-electron chi connectivity index (χ2n) is 4.66. The third-order valence-corrected chi connectivity index (χ3v) is 2.93. The van der Waals surface area contributed by atoms with Gasteiger partial charge < -0.3 is 15.0 Å². The number of aryl methyl sites for hydroxylation is 1. The molecule has 19 heavy (non-hydrogen) atoms. The fourth-order valence-corrected chi connectivity index (χ4v) is 1.82. The fraction of sp³-hybridized carbons (Fsp3) is 0.714. The molecule has 0 saturated carbocycles. The van der Waals surface area contributed by atoms with Crippen molar-refractivity contribution in [2.45, 2.75) is 51.9 Å². The van der Waals surface area contributed by atoms with Crippen LogP contribution in [0.25, 0.3) is 0 Å². The molecule has 0 spiro atoms. The molecule has 1 aromatic heterocycles. The molecule has 0 atom stereocenters. The predicted molar refractivity (Wildman–Crippen MR) is 75.0 cm³/mol. The number of rotatable bonds is 10. The van der Waals surface area contributed by atoms with Crippen LogP contribution in [-0.4, -0.2) is 29.2 Å². The summed E-state index contributed by atoms with van der Waals surface area (Å²) in [6, 6.07) is 0. The van der Waals surface area contributed by atoms with E-state index in [1.807, 2.05) is 0 Å². The van der Waals surface area contributed by atoms with E-state index in [4.69, 9.17) is 4.74 Å². The van der Waals surface area contributed by atoms with Crippen LogP contribution < -0.4 is 5.32 Å². The van der Waals surface area contributed by atoms with Gasteiger partial charge in [0.15, 0.2) is 0 Å². The molecule has 0 aliphatic rings. The Bertz CT molecular complexity index is 325. The molecule has 0 bridgehead atoms. The van der Waals surface area contributed by atoms with Gasteiger partial charge >= 0.3 is 6.09 Å². The van der Waals surface area contributed by atoms with E-state index in [9.17, 15) is 4.79 Å². The molecule has 0 aliphatic heterocycles. The maximum Gasteiger partial charge on any atom is 0.407 e. The minimum absolute atomic E-state index is 0.305. The molecule has 0 aliphatic carbocycles. The lowest BCUT2D eigenvalue weighted by molar-refractivity contribution is 0.144. The van der Waals surface area contributed by atoms with E-state index in [0.29, 0.717) is 13.2 Å². The van der Waals surface area contributed by atoms with Crippen molar-refractivity contribution in [3.05, 3.63) is 18.2 Å². The van der Waals surface area contributed by atoms with E-state index < -0.39 is 0 Å². The lowest BCUT2D eigenvalue weighted by Gasteiger charge is -2.06. The first kappa shape index (κ1) is 15.5. The first-order valence-electron chi connectivity index (χ1n) is 7.20. The molecule has 0 fully saturated rings. The van der Waals surface area contributed by atoms with Crippen molar-refractivity contribution in [2.75, 3.05) is 13.2 Å². The van der Waals surface area contributed by atoms with Gasteiger partial charge in [-0.1, -0.05) is 32.6 Å². The van der Waals surface area contributed by atoms with Crippen molar-refractivity contribution in [1.82, 2.24) is 15.3 Å². The SMILES string of the molecule is CCCCCCCNC(=O)OCCCc1cnc[nH]1. The topological polar surface area (TPSA) is 67.0 Å². The van der Waals surface area contributed by atoms with E-state index in [1.165, 1.54) is 25.7 Å². The van der Waals surface area contributed by atoms with E-state index in [0.717, 1.165) is 25.0 Å². The van der Waals surface area contributed by atoms with Crippen molar-refractivity contribution in [3.63, 3.8) is 0 Å². The van der Waals surface area contributed by atoms with Crippen molar-refractivity contribution >= 4 is 6.09 Å². The third-order valence-electron chi connectivity index (χ3n) is 2.93. The number of hydrogen-bond donors (Lipinski definition) is 2. The molecule has 0 aromatic carbocycles. The Hall–Kier alpha value is -1.52. The first-order chi connectivity index (χ1) is 9.33. The molecule has 0 radical (unpaired) electrons. The van der Waals surface area contributed by atoms with E-state index in [-0.39, 0.29) is 6.09 Å². The van der Waals surface area contributed by atoms with Gasteiger partial charge in [0.2, 0.25) is 0 Å². The molecule has 5 nitrogen and oxygen atoms in total. The van der Waals surface area contributed by atoms with E-state index in [2.05, 4.69) is 22.2 Å². The number of aromatic nitrogens is 2. The van der Waals surface area contributed by atoms with Crippen LogP contribution in [0.5, 0.6) is 0 Å². The minimum Gasteiger partial charge on any atom is -0.450 e. The summed E-state index contributed by atoms with van der Waals surface area (Å²) in [4.78, 5) is 18.3. The Morgan fingerprint density at radius 3 is 2.89 bits per heavy atom. The third kappa shape index (κ3) is 8.24. The predicted octanol–water partition coefficient (Wildman–Crippen LogP) is 3.04. The Kier molecular flexibility index (Phi) is 8.51. The molecule has 108 valence electrons. The van der Waals surface area contributed by atoms with Crippen LogP contribution in [0.4, 0.5) is 4.79 Å². The number of hydrogen-bond acceptors (Lipinski definition) is 3. The van der Waals surface area contributed by atoms with Crippen LogP contribution >= 0.6 is 0 Å². The normalized spacial score (nSPS) is 10.4. The zero-order valence-electron chi connectivity index (χ0n) is 11.8. The van der Waals surface area contributed by atoms with Crippen LogP contribution in [-0.2, 0) is 11.2 Å². The standard InChI is InChI=1S/C14H25N3O2/c1-2-3-4-5-6-9-16-14(18)19-10-7-8-13-11-15-12-17-13/h11-12H,2-10H2,1H3,(H,15,17)(H,16,18). The number of imidazole rings is 1. The number of carbonyl (C=O) groups is 1. The van der Waals surface area contributed by atoms with Gasteiger partial charge in [-0.15, -0.1) is 0 Å². The molecule has 2 N–H and O–H groups in total. The van der Waals surface area contributed by atoms with Gasteiger partial charge in [-0.2, -0.15) is 0 Å². The fourth-order valence-electron chi connectivity index (χ4n) is 1.82. The second kappa shape index (κ2) is 10.4. The summed E-state index contributed by atoms with van der Waals surface area (Å²) in [6.07, 6.45) is 10.8. The number of carbonyl (C=O) groups excluding carboxylic acids is 1. The highest BCUT2D eigenvalue weighted by atomic mass is 16.5. The summed E-state index contributed by atoms with van der Waals surface area (Å²) in [5.41, 5.74) is 1.07. The van der Waals surface area contributed by atoms with Crippen LogP contribution in [0.1, 0.15) is 51.1 Å². The average molecular weight is 267 g/mol. The lowest BCUT2D eigenvalue weighted by atomic mass is 10.1. The van der Waals surface area contributed by atoms with Gasteiger partial charge in [-0.3, -0.25) is 0 Å². The first-order valence-corrected chi connectivity index (χ1v) is 7.20. The largest absolute Gasteiger partial charge is 0.450 e. The number of nitrogens with zero attached hydrogens (tertiary/aromatic N) is 1. The Morgan fingerprint density at radius 2 is 2.16 bits per heavy atom. The Morgan fingerprint density at radius 1 is 1.32 bits per heavy atom. The van der Waals surface area contributed by atoms with Gasteiger partial charge in [-0.25, -0.2) is 9.78 Å². The number of H-pyrrole nitrogens is 1. The van der Waals surface area contributed by atoms with Crippen molar-refractivity contribution in [3.8, 4) is 0 Å². The molecular formula is C14H25N3O2. The zero-order valence-corrected chi connectivity index (χ0v) is 11.8. The number of alkyl carbamates (subject to hydrolysis) is 1. The zero-order chi connectivity index (χ0) is 13.8. The van der Waals surface area contributed by atoms with Gasteiger partial charge in [0.1, 0.15) is 0 Å². The summed E-state index contributed by atoms with van der Waals surface area (Å²) in [5, 5.41) is 2.77. The van der Waals surface area contributed by atoms with Gasteiger partial charge in [0.05, 0.1) is 12.9 Å². The van der Waals surface area contributed by atoms with Crippen LogP contribution in [0.3, 0.4) is 0 Å².